The number of likely N-dealkylation sites (tertiary alicyclic amines) is 1. The van der Waals surface area contributed by atoms with Gasteiger partial charge in [-0.1, -0.05) is 0 Å². The van der Waals surface area contributed by atoms with Crippen LogP contribution < -0.4 is 0 Å². The van der Waals surface area contributed by atoms with Crippen LogP contribution in [0.2, 0.25) is 0 Å². The maximum absolute atomic E-state index is 12.1. The number of hydrogen-bond donors (Lipinski definition) is 0. The van der Waals surface area contributed by atoms with Crippen molar-refractivity contribution in [1.29, 1.82) is 0 Å². The molecule has 16 heavy (non-hydrogen) atoms. The zero-order valence-corrected chi connectivity index (χ0v) is 11.1. The van der Waals surface area contributed by atoms with Crippen molar-refractivity contribution in [3.63, 3.8) is 0 Å². The van der Waals surface area contributed by atoms with Gasteiger partial charge in [0.2, 0.25) is 0 Å². The molecule has 0 spiro atoms. The van der Waals surface area contributed by atoms with E-state index in [0.717, 1.165) is 39.0 Å². The highest BCUT2D eigenvalue weighted by molar-refractivity contribution is 5.74. The second-order valence-corrected chi connectivity index (χ2v) is 4.60. The molecule has 0 aromatic rings. The van der Waals surface area contributed by atoms with Crippen LogP contribution >= 0.6 is 0 Å². The van der Waals surface area contributed by atoms with E-state index in [2.05, 4.69) is 11.9 Å². The Morgan fingerprint density at radius 3 is 2.19 bits per heavy atom. The Morgan fingerprint density at radius 1 is 1.25 bits per heavy atom. The highest BCUT2D eigenvalue weighted by Crippen LogP contribution is 2.15. The topological polar surface area (TPSA) is 26.8 Å². The normalized spacial score (nSPS) is 18.5. The Balaban J connectivity index is 2.50. The molecule has 1 saturated heterocycles. The third-order valence-corrected chi connectivity index (χ3v) is 3.57. The molecule has 0 bridgehead atoms. The quantitative estimate of drug-likeness (QED) is 0.730. The standard InChI is InChI=1S/C12H25N3O/c1-5-15(6-2)12(16)14(4)11-7-9-13(3)10-8-11/h11H,5-10H2,1-4H3. The van der Waals surface area contributed by atoms with Gasteiger partial charge in [-0.2, -0.15) is 0 Å². The summed E-state index contributed by atoms with van der Waals surface area (Å²) in [4.78, 5) is 18.3. The van der Waals surface area contributed by atoms with Gasteiger partial charge in [-0.15, -0.1) is 0 Å². The van der Waals surface area contributed by atoms with Crippen molar-refractivity contribution >= 4 is 6.03 Å². The molecule has 2 amide bonds. The van der Waals surface area contributed by atoms with E-state index in [1.165, 1.54) is 0 Å². The SMILES string of the molecule is CCN(CC)C(=O)N(C)C1CCN(C)CC1. The van der Waals surface area contributed by atoms with Gasteiger partial charge in [0.15, 0.2) is 0 Å². The Morgan fingerprint density at radius 2 is 1.75 bits per heavy atom. The Kier molecular flexibility index (Phi) is 5.06. The second-order valence-electron chi connectivity index (χ2n) is 4.60. The number of piperidine rings is 1. The van der Waals surface area contributed by atoms with E-state index in [1.54, 1.807) is 0 Å². The predicted octanol–water partition coefficient (Wildman–Crippen LogP) is 1.47. The molecule has 1 heterocycles. The summed E-state index contributed by atoms with van der Waals surface area (Å²) in [7, 11) is 4.08. The number of nitrogens with zero attached hydrogens (tertiary/aromatic N) is 3. The predicted molar refractivity (Wildman–Crippen MR) is 66.6 cm³/mol. The molecular formula is C12H25N3O. The summed E-state index contributed by atoms with van der Waals surface area (Å²) in [6.07, 6.45) is 2.19. The lowest BCUT2D eigenvalue weighted by molar-refractivity contribution is 0.122. The summed E-state index contributed by atoms with van der Waals surface area (Å²) in [6.45, 7) is 7.85. The zero-order valence-electron chi connectivity index (χ0n) is 11.1. The lowest BCUT2D eigenvalue weighted by atomic mass is 10.0. The van der Waals surface area contributed by atoms with Crippen LogP contribution in [0.5, 0.6) is 0 Å². The van der Waals surface area contributed by atoms with Gasteiger partial charge in [-0.3, -0.25) is 0 Å². The Hall–Kier alpha value is -0.770. The van der Waals surface area contributed by atoms with Crippen LogP contribution in [0.25, 0.3) is 0 Å². The molecule has 1 rings (SSSR count). The van der Waals surface area contributed by atoms with E-state index in [-0.39, 0.29) is 6.03 Å². The molecule has 1 fully saturated rings. The van der Waals surface area contributed by atoms with Crippen molar-refractivity contribution in [3.8, 4) is 0 Å². The van der Waals surface area contributed by atoms with E-state index >= 15 is 0 Å². The van der Waals surface area contributed by atoms with Gasteiger partial charge in [0, 0.05) is 26.2 Å². The monoisotopic (exact) mass is 227 g/mol. The lowest BCUT2D eigenvalue weighted by Crippen LogP contribution is -2.49. The third kappa shape index (κ3) is 3.11. The minimum atomic E-state index is 0.180. The van der Waals surface area contributed by atoms with Gasteiger partial charge in [-0.25, -0.2) is 4.79 Å². The maximum Gasteiger partial charge on any atom is 0.319 e. The molecule has 0 N–H and O–H groups in total. The van der Waals surface area contributed by atoms with E-state index in [0.29, 0.717) is 6.04 Å². The summed E-state index contributed by atoms with van der Waals surface area (Å²) < 4.78 is 0. The number of carbonyl (C=O) groups is 1. The van der Waals surface area contributed by atoms with Crippen molar-refractivity contribution in [3.05, 3.63) is 0 Å². The number of amides is 2. The highest BCUT2D eigenvalue weighted by atomic mass is 16.2. The first-order valence-electron chi connectivity index (χ1n) is 6.30. The Labute approximate surface area is 99.2 Å². The van der Waals surface area contributed by atoms with E-state index in [9.17, 15) is 4.79 Å². The first-order valence-corrected chi connectivity index (χ1v) is 6.30. The minimum absolute atomic E-state index is 0.180. The summed E-state index contributed by atoms with van der Waals surface area (Å²) >= 11 is 0. The third-order valence-electron chi connectivity index (χ3n) is 3.57. The van der Waals surface area contributed by atoms with Crippen LogP contribution in [0.15, 0.2) is 0 Å². The molecule has 4 heteroatoms. The van der Waals surface area contributed by atoms with Crippen LogP contribution in [0, 0.1) is 0 Å². The number of carbonyl (C=O) groups excluding carboxylic acids is 1. The van der Waals surface area contributed by atoms with Gasteiger partial charge >= 0.3 is 6.03 Å². The zero-order chi connectivity index (χ0) is 12.1. The summed E-state index contributed by atoms with van der Waals surface area (Å²) in [5, 5.41) is 0. The largest absolute Gasteiger partial charge is 0.325 e. The molecule has 1 aliphatic rings. The van der Waals surface area contributed by atoms with Crippen molar-refractivity contribution in [2.75, 3.05) is 40.3 Å². The number of hydrogen-bond acceptors (Lipinski definition) is 2. The van der Waals surface area contributed by atoms with E-state index < -0.39 is 0 Å². The average molecular weight is 227 g/mol. The molecule has 94 valence electrons. The van der Waals surface area contributed by atoms with Gasteiger partial charge in [0.05, 0.1) is 0 Å². The molecule has 0 radical (unpaired) electrons. The average Bonchev–Trinajstić information content (AvgIpc) is 2.30. The molecule has 0 saturated carbocycles. The molecule has 0 unspecified atom stereocenters. The first-order chi connectivity index (χ1) is 7.60. The number of urea groups is 1. The molecule has 1 aliphatic heterocycles. The fourth-order valence-corrected chi connectivity index (χ4v) is 2.26. The van der Waals surface area contributed by atoms with Crippen LogP contribution in [-0.4, -0.2) is 67.0 Å². The minimum Gasteiger partial charge on any atom is -0.325 e. The van der Waals surface area contributed by atoms with Crippen molar-refractivity contribution in [2.24, 2.45) is 0 Å². The van der Waals surface area contributed by atoms with E-state index in [1.807, 2.05) is 30.7 Å². The van der Waals surface area contributed by atoms with Crippen LogP contribution in [0.1, 0.15) is 26.7 Å². The number of rotatable bonds is 3. The smallest absolute Gasteiger partial charge is 0.319 e. The molecule has 0 aliphatic carbocycles. The van der Waals surface area contributed by atoms with Gasteiger partial charge in [0.1, 0.15) is 0 Å². The summed E-state index contributed by atoms with van der Waals surface area (Å²) in [5.41, 5.74) is 0. The van der Waals surface area contributed by atoms with Crippen molar-refractivity contribution < 1.29 is 4.79 Å². The van der Waals surface area contributed by atoms with Crippen LogP contribution in [0.4, 0.5) is 4.79 Å². The van der Waals surface area contributed by atoms with E-state index in [4.69, 9.17) is 0 Å². The fourth-order valence-electron chi connectivity index (χ4n) is 2.26. The Bertz CT molecular complexity index is 220. The van der Waals surface area contributed by atoms with Crippen LogP contribution in [-0.2, 0) is 0 Å². The lowest BCUT2D eigenvalue weighted by Gasteiger charge is -2.37. The van der Waals surface area contributed by atoms with Crippen molar-refractivity contribution in [1.82, 2.24) is 14.7 Å². The second kappa shape index (κ2) is 6.09. The molecule has 0 aromatic carbocycles. The highest BCUT2D eigenvalue weighted by Gasteiger charge is 2.25. The first kappa shape index (κ1) is 13.3. The van der Waals surface area contributed by atoms with Crippen molar-refractivity contribution in [2.45, 2.75) is 32.7 Å². The molecular weight excluding hydrogens is 202 g/mol. The summed E-state index contributed by atoms with van der Waals surface area (Å²) in [6, 6.07) is 0.601. The van der Waals surface area contributed by atoms with Gasteiger partial charge in [-0.05, 0) is 46.8 Å². The van der Waals surface area contributed by atoms with Gasteiger partial charge < -0.3 is 14.7 Å². The maximum atomic E-state index is 12.1. The van der Waals surface area contributed by atoms with Gasteiger partial charge in [0.25, 0.3) is 0 Å². The molecule has 0 aromatic heterocycles. The van der Waals surface area contributed by atoms with Crippen LogP contribution in [0.3, 0.4) is 0 Å². The molecule has 4 nitrogen and oxygen atoms in total. The fraction of sp³-hybridized carbons (Fsp3) is 0.917. The summed E-state index contributed by atoms with van der Waals surface area (Å²) in [5.74, 6) is 0. The molecule has 0 atom stereocenters.